The number of nitrogens with one attached hydrogen (secondary N) is 1. The van der Waals surface area contributed by atoms with Crippen LogP contribution in [0.15, 0.2) is 54.2 Å². The monoisotopic (exact) mass is 386 g/mol. The van der Waals surface area contributed by atoms with Crippen LogP contribution in [0.2, 0.25) is 0 Å². The summed E-state index contributed by atoms with van der Waals surface area (Å²) >= 11 is 0. The smallest absolute Gasteiger partial charge is 0.278 e. The topological polar surface area (TPSA) is 58.6 Å². The van der Waals surface area contributed by atoms with Gasteiger partial charge in [-0.2, -0.15) is 0 Å². The Morgan fingerprint density at radius 1 is 0.929 bits per heavy atom. The van der Waals surface area contributed by atoms with Crippen molar-refractivity contribution < 1.29 is 23.1 Å². The molecule has 0 spiro atoms. The number of hydrogen-bond donors (Lipinski definition) is 1. The molecule has 3 rings (SSSR count). The zero-order chi connectivity index (χ0) is 20.3. The molecule has 0 aliphatic carbocycles. The lowest BCUT2D eigenvalue weighted by Gasteiger charge is -2.16. The van der Waals surface area contributed by atoms with Crippen molar-refractivity contribution >= 4 is 23.1 Å². The third-order valence-corrected chi connectivity index (χ3v) is 4.18. The van der Waals surface area contributed by atoms with E-state index in [4.69, 9.17) is 4.74 Å². The molecule has 1 aliphatic rings. The van der Waals surface area contributed by atoms with Crippen LogP contribution in [-0.2, 0) is 14.3 Å². The number of carbonyl (C=O) groups is 2. The molecule has 1 heterocycles. The molecular formula is C21H20F2N2O3. The molecule has 2 amide bonds. The number of hydrogen-bond acceptors (Lipinski definition) is 4. The fourth-order valence-electron chi connectivity index (χ4n) is 2.84. The first kappa shape index (κ1) is 19.7. The SMILES string of the molecule is CC(C)OCCN1C(=O)C(Nc2ccc(F)cc2)=C(c2ccc(F)cc2)C1=O. The summed E-state index contributed by atoms with van der Waals surface area (Å²) in [7, 11) is 0. The van der Waals surface area contributed by atoms with Crippen molar-refractivity contribution in [3.63, 3.8) is 0 Å². The van der Waals surface area contributed by atoms with Crippen molar-refractivity contribution in [2.45, 2.75) is 20.0 Å². The largest absolute Gasteiger partial charge is 0.377 e. The highest BCUT2D eigenvalue weighted by Gasteiger charge is 2.39. The van der Waals surface area contributed by atoms with Gasteiger partial charge in [-0.3, -0.25) is 14.5 Å². The summed E-state index contributed by atoms with van der Waals surface area (Å²) in [5.41, 5.74) is 1.07. The lowest BCUT2D eigenvalue weighted by molar-refractivity contribution is -0.137. The minimum Gasteiger partial charge on any atom is -0.377 e. The first-order chi connectivity index (χ1) is 13.4. The second-order valence-corrected chi connectivity index (χ2v) is 6.57. The summed E-state index contributed by atoms with van der Waals surface area (Å²) in [5.74, 6) is -1.87. The number of anilines is 1. The van der Waals surface area contributed by atoms with E-state index < -0.39 is 23.4 Å². The van der Waals surface area contributed by atoms with Gasteiger partial charge in [-0.25, -0.2) is 8.78 Å². The van der Waals surface area contributed by atoms with Gasteiger partial charge >= 0.3 is 0 Å². The zero-order valence-electron chi connectivity index (χ0n) is 15.5. The Labute approximate surface area is 161 Å². The Morgan fingerprint density at radius 2 is 1.50 bits per heavy atom. The predicted octanol–water partition coefficient (Wildman–Crippen LogP) is 3.58. The van der Waals surface area contributed by atoms with Crippen LogP contribution >= 0.6 is 0 Å². The minimum atomic E-state index is -0.513. The average molecular weight is 386 g/mol. The predicted molar refractivity (Wildman–Crippen MR) is 101 cm³/mol. The molecule has 0 saturated heterocycles. The molecule has 7 heteroatoms. The van der Waals surface area contributed by atoms with E-state index in [0.29, 0.717) is 11.3 Å². The van der Waals surface area contributed by atoms with Crippen molar-refractivity contribution in [1.82, 2.24) is 4.90 Å². The van der Waals surface area contributed by atoms with E-state index in [-0.39, 0.29) is 30.5 Å². The highest BCUT2D eigenvalue weighted by atomic mass is 19.1. The number of rotatable bonds is 7. The highest BCUT2D eigenvalue weighted by molar-refractivity contribution is 6.36. The summed E-state index contributed by atoms with van der Waals surface area (Å²) in [6.45, 7) is 4.01. The summed E-state index contributed by atoms with van der Waals surface area (Å²) in [5, 5.41) is 2.91. The second-order valence-electron chi connectivity index (χ2n) is 6.57. The molecule has 0 radical (unpaired) electrons. The highest BCUT2D eigenvalue weighted by Crippen LogP contribution is 2.30. The van der Waals surface area contributed by atoms with E-state index in [2.05, 4.69) is 5.32 Å². The van der Waals surface area contributed by atoms with Crippen molar-refractivity contribution in [1.29, 1.82) is 0 Å². The summed E-state index contributed by atoms with van der Waals surface area (Å²) in [6, 6.07) is 10.7. The Bertz CT molecular complexity index is 906. The number of ether oxygens (including phenoxy) is 1. The number of benzene rings is 2. The number of halogens is 2. The number of carbonyl (C=O) groups excluding carboxylic acids is 2. The number of nitrogens with zero attached hydrogens (tertiary/aromatic N) is 1. The van der Waals surface area contributed by atoms with Crippen LogP contribution in [0.4, 0.5) is 14.5 Å². The lowest BCUT2D eigenvalue weighted by Crippen LogP contribution is -2.35. The van der Waals surface area contributed by atoms with Crippen LogP contribution in [0.3, 0.4) is 0 Å². The Hall–Kier alpha value is -3.06. The molecule has 0 fully saturated rings. The second kappa shape index (κ2) is 8.31. The van der Waals surface area contributed by atoms with E-state index in [9.17, 15) is 18.4 Å². The average Bonchev–Trinajstić information content (AvgIpc) is 2.88. The number of imide groups is 1. The summed E-state index contributed by atoms with van der Waals surface area (Å²) < 4.78 is 31.9. The molecule has 28 heavy (non-hydrogen) atoms. The zero-order valence-corrected chi connectivity index (χ0v) is 15.5. The minimum absolute atomic E-state index is 0.0332. The molecule has 5 nitrogen and oxygen atoms in total. The van der Waals surface area contributed by atoms with Gasteiger partial charge in [0.15, 0.2) is 0 Å². The van der Waals surface area contributed by atoms with Gasteiger partial charge in [0.05, 0.1) is 24.8 Å². The third-order valence-electron chi connectivity index (χ3n) is 4.18. The van der Waals surface area contributed by atoms with E-state index in [0.717, 1.165) is 4.90 Å². The first-order valence-electron chi connectivity index (χ1n) is 8.87. The molecule has 2 aromatic carbocycles. The van der Waals surface area contributed by atoms with Crippen molar-refractivity contribution in [2.75, 3.05) is 18.5 Å². The maximum Gasteiger partial charge on any atom is 0.278 e. The summed E-state index contributed by atoms with van der Waals surface area (Å²) in [4.78, 5) is 26.9. The Balaban J connectivity index is 1.94. The van der Waals surface area contributed by atoms with Crippen LogP contribution in [0, 0.1) is 11.6 Å². The Kier molecular flexibility index (Phi) is 5.84. The summed E-state index contributed by atoms with van der Waals surface area (Å²) in [6.07, 6.45) is -0.0332. The van der Waals surface area contributed by atoms with Crippen LogP contribution in [-0.4, -0.2) is 36.0 Å². The number of amides is 2. The molecule has 0 bridgehead atoms. The van der Waals surface area contributed by atoms with Gasteiger partial charge in [0.2, 0.25) is 0 Å². The molecule has 0 atom stereocenters. The molecule has 2 aromatic rings. The Morgan fingerprint density at radius 3 is 2.07 bits per heavy atom. The maximum absolute atomic E-state index is 13.3. The lowest BCUT2D eigenvalue weighted by atomic mass is 10.0. The molecule has 1 aliphatic heterocycles. The van der Waals surface area contributed by atoms with Gasteiger partial charge in [0, 0.05) is 5.69 Å². The van der Waals surface area contributed by atoms with Gasteiger partial charge in [-0.1, -0.05) is 12.1 Å². The van der Waals surface area contributed by atoms with Crippen LogP contribution < -0.4 is 5.32 Å². The maximum atomic E-state index is 13.3. The van der Waals surface area contributed by atoms with Crippen molar-refractivity contribution in [3.8, 4) is 0 Å². The van der Waals surface area contributed by atoms with Gasteiger partial charge in [-0.15, -0.1) is 0 Å². The van der Waals surface area contributed by atoms with Crippen LogP contribution in [0.5, 0.6) is 0 Å². The van der Waals surface area contributed by atoms with E-state index in [1.807, 2.05) is 13.8 Å². The fraction of sp³-hybridized carbons (Fsp3) is 0.238. The fourth-order valence-corrected chi connectivity index (χ4v) is 2.84. The standard InChI is InChI=1S/C21H20F2N2O3/c1-13(2)28-12-11-25-20(26)18(14-3-5-15(22)6-4-14)19(21(25)27)24-17-9-7-16(23)8-10-17/h3-10,13,24H,11-12H2,1-2H3. The quantitative estimate of drug-likeness (QED) is 0.739. The molecule has 0 unspecified atom stereocenters. The van der Waals surface area contributed by atoms with Crippen LogP contribution in [0.25, 0.3) is 5.57 Å². The molecule has 146 valence electrons. The van der Waals surface area contributed by atoms with Gasteiger partial charge < -0.3 is 10.1 Å². The van der Waals surface area contributed by atoms with Crippen molar-refractivity contribution in [2.24, 2.45) is 0 Å². The van der Waals surface area contributed by atoms with Gasteiger partial charge in [0.1, 0.15) is 17.3 Å². The third kappa shape index (κ3) is 4.26. The first-order valence-corrected chi connectivity index (χ1v) is 8.87. The normalized spacial score (nSPS) is 14.4. The molecular weight excluding hydrogens is 366 g/mol. The molecule has 0 aromatic heterocycles. The van der Waals surface area contributed by atoms with E-state index in [1.165, 1.54) is 48.5 Å². The van der Waals surface area contributed by atoms with Crippen molar-refractivity contribution in [3.05, 3.63) is 71.4 Å². The molecule has 1 N–H and O–H groups in total. The molecule has 0 saturated carbocycles. The van der Waals surface area contributed by atoms with Gasteiger partial charge in [0.25, 0.3) is 11.8 Å². The van der Waals surface area contributed by atoms with Gasteiger partial charge in [-0.05, 0) is 55.8 Å². The van der Waals surface area contributed by atoms with E-state index in [1.54, 1.807) is 0 Å². The van der Waals surface area contributed by atoms with Crippen LogP contribution in [0.1, 0.15) is 19.4 Å². The van der Waals surface area contributed by atoms with E-state index >= 15 is 0 Å².